The predicted molar refractivity (Wildman–Crippen MR) is 84.2 cm³/mol. The zero-order valence-electron chi connectivity index (χ0n) is 12.2. The molecule has 1 atom stereocenters. The van der Waals surface area contributed by atoms with Crippen molar-refractivity contribution >= 4 is 15.9 Å². The van der Waals surface area contributed by atoms with Crippen LogP contribution in [0.1, 0.15) is 24.5 Å². The standard InChI is InChI=1S/C16H22BrNO3/c17-14-4-2-13(3-5-14)15-12-18(8-11-19-15)7-6-16-20-9-1-10-21-16/h2-5,15-16H,1,6-12H2/t15-/m1/s1. The summed E-state index contributed by atoms with van der Waals surface area (Å²) >= 11 is 3.47. The summed E-state index contributed by atoms with van der Waals surface area (Å²) < 4.78 is 18.2. The molecule has 2 fully saturated rings. The van der Waals surface area contributed by atoms with Crippen LogP contribution in [0.4, 0.5) is 0 Å². The van der Waals surface area contributed by atoms with Crippen LogP contribution >= 0.6 is 15.9 Å². The van der Waals surface area contributed by atoms with E-state index in [2.05, 4.69) is 45.1 Å². The summed E-state index contributed by atoms with van der Waals surface area (Å²) in [7, 11) is 0. The molecule has 4 nitrogen and oxygen atoms in total. The second kappa shape index (κ2) is 7.70. The van der Waals surface area contributed by atoms with Gasteiger partial charge in [0.15, 0.2) is 6.29 Å². The van der Waals surface area contributed by atoms with Gasteiger partial charge in [-0.2, -0.15) is 0 Å². The van der Waals surface area contributed by atoms with E-state index < -0.39 is 0 Å². The molecular formula is C16H22BrNO3. The minimum atomic E-state index is -0.0206. The van der Waals surface area contributed by atoms with Crippen molar-refractivity contribution in [2.45, 2.75) is 25.2 Å². The van der Waals surface area contributed by atoms with E-state index >= 15 is 0 Å². The Hall–Kier alpha value is -0.460. The second-order valence-electron chi connectivity index (χ2n) is 5.52. The highest BCUT2D eigenvalue weighted by Gasteiger charge is 2.23. The first-order chi connectivity index (χ1) is 10.3. The highest BCUT2D eigenvalue weighted by molar-refractivity contribution is 9.10. The quantitative estimate of drug-likeness (QED) is 0.830. The molecule has 0 bridgehead atoms. The third-order valence-electron chi connectivity index (χ3n) is 3.97. The molecule has 21 heavy (non-hydrogen) atoms. The fourth-order valence-electron chi connectivity index (χ4n) is 2.78. The lowest BCUT2D eigenvalue weighted by Crippen LogP contribution is -2.40. The third kappa shape index (κ3) is 4.50. The van der Waals surface area contributed by atoms with Crippen LogP contribution in [0.2, 0.25) is 0 Å². The van der Waals surface area contributed by atoms with Crippen LogP contribution in [0.25, 0.3) is 0 Å². The summed E-state index contributed by atoms with van der Waals surface area (Å²) in [5.41, 5.74) is 1.24. The highest BCUT2D eigenvalue weighted by Crippen LogP contribution is 2.24. The molecule has 2 saturated heterocycles. The number of ether oxygens (including phenoxy) is 3. The van der Waals surface area contributed by atoms with Crippen LogP contribution in [0.15, 0.2) is 28.7 Å². The minimum Gasteiger partial charge on any atom is -0.371 e. The summed E-state index contributed by atoms with van der Waals surface area (Å²) in [6.07, 6.45) is 2.10. The van der Waals surface area contributed by atoms with Gasteiger partial charge in [-0.15, -0.1) is 0 Å². The van der Waals surface area contributed by atoms with Crippen molar-refractivity contribution in [3.63, 3.8) is 0 Å². The van der Waals surface area contributed by atoms with Crippen LogP contribution < -0.4 is 0 Å². The van der Waals surface area contributed by atoms with Gasteiger partial charge in [0.1, 0.15) is 0 Å². The molecule has 0 aliphatic carbocycles. The highest BCUT2D eigenvalue weighted by atomic mass is 79.9. The van der Waals surface area contributed by atoms with Crippen LogP contribution in [-0.2, 0) is 14.2 Å². The van der Waals surface area contributed by atoms with Gasteiger partial charge in [0.25, 0.3) is 0 Å². The fourth-order valence-corrected chi connectivity index (χ4v) is 3.04. The SMILES string of the molecule is Brc1ccc([C@H]2CN(CCC3OCCCO3)CCO2)cc1. The maximum Gasteiger partial charge on any atom is 0.158 e. The van der Waals surface area contributed by atoms with Crippen LogP contribution in [0.5, 0.6) is 0 Å². The topological polar surface area (TPSA) is 30.9 Å². The molecule has 1 aromatic rings. The summed E-state index contributed by atoms with van der Waals surface area (Å²) in [6.45, 7) is 5.37. The molecule has 3 rings (SSSR count). The lowest BCUT2D eigenvalue weighted by molar-refractivity contribution is -0.184. The van der Waals surface area contributed by atoms with Gasteiger partial charge in [-0.1, -0.05) is 28.1 Å². The normalized spacial score (nSPS) is 25.1. The molecule has 5 heteroatoms. The molecule has 116 valence electrons. The Morgan fingerprint density at radius 3 is 2.57 bits per heavy atom. The van der Waals surface area contributed by atoms with E-state index in [9.17, 15) is 0 Å². The predicted octanol–water partition coefficient (Wildman–Crippen LogP) is 2.98. The van der Waals surface area contributed by atoms with Crippen molar-refractivity contribution in [1.82, 2.24) is 4.90 Å². The first-order valence-electron chi connectivity index (χ1n) is 7.64. The van der Waals surface area contributed by atoms with Gasteiger partial charge < -0.3 is 14.2 Å². The minimum absolute atomic E-state index is 0.0206. The Morgan fingerprint density at radius 2 is 1.81 bits per heavy atom. The van der Waals surface area contributed by atoms with Gasteiger partial charge in [-0.3, -0.25) is 4.90 Å². The van der Waals surface area contributed by atoms with E-state index in [4.69, 9.17) is 14.2 Å². The summed E-state index contributed by atoms with van der Waals surface area (Å²) in [5.74, 6) is 0. The molecule has 2 aliphatic heterocycles. The van der Waals surface area contributed by atoms with Gasteiger partial charge >= 0.3 is 0 Å². The average molecular weight is 356 g/mol. The molecule has 0 radical (unpaired) electrons. The van der Waals surface area contributed by atoms with Crippen molar-refractivity contribution < 1.29 is 14.2 Å². The number of nitrogens with zero attached hydrogens (tertiary/aromatic N) is 1. The molecule has 0 unspecified atom stereocenters. The van der Waals surface area contributed by atoms with Crippen LogP contribution in [-0.4, -0.2) is 50.6 Å². The lowest BCUT2D eigenvalue weighted by atomic mass is 10.1. The number of benzene rings is 1. The van der Waals surface area contributed by atoms with Gasteiger partial charge in [0, 0.05) is 30.5 Å². The van der Waals surface area contributed by atoms with Crippen molar-refractivity contribution in [1.29, 1.82) is 0 Å². The molecule has 2 aliphatic rings. The molecule has 0 saturated carbocycles. The molecule has 0 aromatic heterocycles. The summed E-state index contributed by atoms with van der Waals surface area (Å²) in [6, 6.07) is 8.40. The Kier molecular flexibility index (Phi) is 5.66. The molecular weight excluding hydrogens is 334 g/mol. The molecule has 2 heterocycles. The first-order valence-corrected chi connectivity index (χ1v) is 8.43. The Morgan fingerprint density at radius 1 is 1.05 bits per heavy atom. The first kappa shape index (κ1) is 15.4. The largest absolute Gasteiger partial charge is 0.371 e. The Bertz CT molecular complexity index is 434. The maximum atomic E-state index is 5.91. The van der Waals surface area contributed by atoms with Crippen molar-refractivity contribution in [2.24, 2.45) is 0 Å². The Labute approximate surface area is 134 Å². The average Bonchev–Trinajstić information content (AvgIpc) is 2.55. The van der Waals surface area contributed by atoms with E-state index in [1.165, 1.54) is 5.56 Å². The van der Waals surface area contributed by atoms with Gasteiger partial charge in [-0.25, -0.2) is 0 Å². The number of rotatable bonds is 4. The van der Waals surface area contributed by atoms with E-state index in [0.717, 1.165) is 56.8 Å². The van der Waals surface area contributed by atoms with E-state index in [1.807, 2.05) is 0 Å². The summed E-state index contributed by atoms with van der Waals surface area (Å²) in [4.78, 5) is 2.44. The zero-order valence-corrected chi connectivity index (χ0v) is 13.8. The van der Waals surface area contributed by atoms with Gasteiger partial charge in [0.2, 0.25) is 0 Å². The number of morpholine rings is 1. The van der Waals surface area contributed by atoms with Crippen molar-refractivity contribution in [3.05, 3.63) is 34.3 Å². The molecule has 0 amide bonds. The maximum absolute atomic E-state index is 5.91. The summed E-state index contributed by atoms with van der Waals surface area (Å²) in [5, 5.41) is 0. The molecule has 0 spiro atoms. The smallest absolute Gasteiger partial charge is 0.158 e. The molecule has 0 N–H and O–H groups in total. The second-order valence-corrected chi connectivity index (χ2v) is 6.44. The van der Waals surface area contributed by atoms with E-state index in [1.54, 1.807) is 0 Å². The third-order valence-corrected chi connectivity index (χ3v) is 4.50. The monoisotopic (exact) mass is 355 g/mol. The van der Waals surface area contributed by atoms with Crippen molar-refractivity contribution in [3.8, 4) is 0 Å². The lowest BCUT2D eigenvalue weighted by Gasteiger charge is -2.34. The van der Waals surface area contributed by atoms with Crippen LogP contribution in [0.3, 0.4) is 0 Å². The number of hydrogen-bond donors (Lipinski definition) is 0. The van der Waals surface area contributed by atoms with Gasteiger partial charge in [-0.05, 0) is 24.1 Å². The Balaban J connectivity index is 1.49. The van der Waals surface area contributed by atoms with Gasteiger partial charge in [0.05, 0.1) is 25.9 Å². The van der Waals surface area contributed by atoms with Crippen molar-refractivity contribution in [2.75, 3.05) is 39.5 Å². The zero-order chi connectivity index (χ0) is 14.5. The fraction of sp³-hybridized carbons (Fsp3) is 0.625. The van der Waals surface area contributed by atoms with E-state index in [-0.39, 0.29) is 12.4 Å². The van der Waals surface area contributed by atoms with E-state index in [0.29, 0.717) is 0 Å². The molecule has 1 aromatic carbocycles. The number of halogens is 1. The number of hydrogen-bond acceptors (Lipinski definition) is 4. The van der Waals surface area contributed by atoms with Crippen LogP contribution in [0, 0.1) is 0 Å².